The normalized spacial score (nSPS) is 10.2. The van der Waals surface area contributed by atoms with Crippen LogP contribution in [0.5, 0.6) is 17.2 Å². The van der Waals surface area contributed by atoms with Gasteiger partial charge in [-0.2, -0.15) is 0 Å². The minimum atomic E-state index is -0.554. The molecule has 0 unspecified atom stereocenters. The van der Waals surface area contributed by atoms with Crippen LogP contribution >= 0.6 is 11.6 Å². The van der Waals surface area contributed by atoms with Crippen LogP contribution in [-0.4, -0.2) is 10.0 Å². The molecule has 0 aliphatic rings. The fourth-order valence-corrected chi connectivity index (χ4v) is 1.80. The molecule has 1 N–H and O–H groups in total. The number of phenols is 1. The molecule has 0 aromatic heterocycles. The third-order valence-electron chi connectivity index (χ3n) is 2.38. The number of nitro groups is 1. The van der Waals surface area contributed by atoms with Crippen LogP contribution in [0.1, 0.15) is 5.56 Å². The minimum Gasteiger partial charge on any atom is -0.508 e. The molecule has 0 spiro atoms. The number of rotatable bonds is 3. The van der Waals surface area contributed by atoms with Crippen molar-refractivity contribution in [2.45, 2.75) is 6.92 Å². The summed E-state index contributed by atoms with van der Waals surface area (Å²) in [5, 5.41) is 20.7. The predicted octanol–water partition coefficient (Wildman–Crippen LogP) is 4.05. The fourth-order valence-electron chi connectivity index (χ4n) is 1.63. The number of aryl methyl sites for hydroxylation is 1. The van der Waals surface area contributed by atoms with Crippen LogP contribution in [0.15, 0.2) is 36.4 Å². The Labute approximate surface area is 114 Å². The zero-order valence-corrected chi connectivity index (χ0v) is 10.7. The maximum atomic E-state index is 10.9. The summed E-state index contributed by atoms with van der Waals surface area (Å²) in [5.41, 5.74) is 0.588. The van der Waals surface area contributed by atoms with E-state index >= 15 is 0 Å². The van der Waals surface area contributed by atoms with E-state index in [-0.39, 0.29) is 17.2 Å². The first-order valence-electron chi connectivity index (χ1n) is 5.38. The van der Waals surface area contributed by atoms with Crippen LogP contribution in [0.2, 0.25) is 5.02 Å². The van der Waals surface area contributed by atoms with Gasteiger partial charge in [0.2, 0.25) is 5.75 Å². The molecule has 2 rings (SSSR count). The zero-order chi connectivity index (χ0) is 14.0. The summed E-state index contributed by atoms with van der Waals surface area (Å²) in [6.07, 6.45) is 0. The van der Waals surface area contributed by atoms with Gasteiger partial charge in [0.05, 0.1) is 4.92 Å². The first-order valence-corrected chi connectivity index (χ1v) is 5.76. The van der Waals surface area contributed by atoms with Gasteiger partial charge in [0, 0.05) is 23.2 Å². The second-order valence-electron chi connectivity index (χ2n) is 3.98. The molecule has 0 aliphatic carbocycles. The lowest BCUT2D eigenvalue weighted by Gasteiger charge is -2.08. The Balaban J connectivity index is 2.42. The van der Waals surface area contributed by atoms with E-state index in [4.69, 9.17) is 16.3 Å². The monoisotopic (exact) mass is 279 g/mol. The van der Waals surface area contributed by atoms with Crippen LogP contribution in [0.4, 0.5) is 5.69 Å². The summed E-state index contributed by atoms with van der Waals surface area (Å²) < 4.78 is 5.43. The number of nitrogens with zero attached hydrogens (tertiary/aromatic N) is 1. The highest BCUT2D eigenvalue weighted by Gasteiger charge is 2.16. The number of ether oxygens (including phenoxy) is 1. The Morgan fingerprint density at radius 3 is 2.63 bits per heavy atom. The average Bonchev–Trinajstić information content (AvgIpc) is 2.26. The van der Waals surface area contributed by atoms with Gasteiger partial charge in [0.15, 0.2) is 0 Å². The van der Waals surface area contributed by atoms with E-state index in [0.29, 0.717) is 10.8 Å². The predicted molar refractivity (Wildman–Crippen MR) is 71.0 cm³/mol. The molecule has 0 heterocycles. The standard InChI is InChI=1S/C13H10ClNO4/c1-8-4-10(16)7-11(5-8)19-13-6-9(14)2-3-12(13)15(17)18/h2-7,16H,1H3. The number of benzene rings is 2. The number of nitro benzene ring substituents is 1. The smallest absolute Gasteiger partial charge is 0.311 e. The lowest BCUT2D eigenvalue weighted by molar-refractivity contribution is -0.385. The lowest BCUT2D eigenvalue weighted by atomic mass is 10.2. The molecule has 0 atom stereocenters. The second kappa shape index (κ2) is 5.16. The highest BCUT2D eigenvalue weighted by atomic mass is 35.5. The highest BCUT2D eigenvalue weighted by molar-refractivity contribution is 6.30. The maximum Gasteiger partial charge on any atom is 0.311 e. The van der Waals surface area contributed by atoms with Gasteiger partial charge in [-0.05, 0) is 30.7 Å². The molecule has 6 heteroatoms. The van der Waals surface area contributed by atoms with Gasteiger partial charge in [-0.25, -0.2) is 0 Å². The molecule has 0 amide bonds. The van der Waals surface area contributed by atoms with Crippen molar-refractivity contribution < 1.29 is 14.8 Å². The van der Waals surface area contributed by atoms with E-state index in [1.165, 1.54) is 24.3 Å². The van der Waals surface area contributed by atoms with Crippen LogP contribution < -0.4 is 4.74 Å². The molecule has 0 aliphatic heterocycles. The summed E-state index contributed by atoms with van der Waals surface area (Å²) >= 11 is 5.80. The van der Waals surface area contributed by atoms with E-state index in [2.05, 4.69) is 0 Å². The Kier molecular flexibility index (Phi) is 3.57. The van der Waals surface area contributed by atoms with Crippen molar-refractivity contribution in [3.63, 3.8) is 0 Å². The highest BCUT2D eigenvalue weighted by Crippen LogP contribution is 2.35. The van der Waals surface area contributed by atoms with Crippen LogP contribution in [0, 0.1) is 17.0 Å². The number of phenolic OH excluding ortho intramolecular Hbond substituents is 1. The Morgan fingerprint density at radius 1 is 1.26 bits per heavy atom. The van der Waals surface area contributed by atoms with Crippen molar-refractivity contribution in [3.8, 4) is 17.2 Å². The number of aromatic hydroxyl groups is 1. The van der Waals surface area contributed by atoms with Crippen LogP contribution in [0.3, 0.4) is 0 Å². The molecule has 0 saturated carbocycles. The number of hydrogen-bond acceptors (Lipinski definition) is 4. The van der Waals surface area contributed by atoms with Gasteiger partial charge in [-0.15, -0.1) is 0 Å². The largest absolute Gasteiger partial charge is 0.508 e. The Hall–Kier alpha value is -2.27. The number of hydrogen-bond donors (Lipinski definition) is 1. The van der Waals surface area contributed by atoms with Crippen molar-refractivity contribution in [1.29, 1.82) is 0 Å². The van der Waals surface area contributed by atoms with Gasteiger partial charge in [0.1, 0.15) is 11.5 Å². The minimum absolute atomic E-state index is 0.0275. The van der Waals surface area contributed by atoms with Gasteiger partial charge in [-0.3, -0.25) is 10.1 Å². The third kappa shape index (κ3) is 3.14. The molecule has 0 fully saturated rings. The Bertz CT molecular complexity index is 622. The molecule has 5 nitrogen and oxygen atoms in total. The SMILES string of the molecule is Cc1cc(O)cc(Oc2cc(Cl)ccc2[N+](=O)[O-])c1. The van der Waals surface area contributed by atoms with Gasteiger partial charge in [0.25, 0.3) is 0 Å². The summed E-state index contributed by atoms with van der Waals surface area (Å²) in [6.45, 7) is 1.78. The number of halogens is 1. The first kappa shape index (κ1) is 13.2. The van der Waals surface area contributed by atoms with Crippen molar-refractivity contribution in [1.82, 2.24) is 0 Å². The molecule has 98 valence electrons. The van der Waals surface area contributed by atoms with Crippen LogP contribution in [-0.2, 0) is 0 Å². The lowest BCUT2D eigenvalue weighted by Crippen LogP contribution is -1.93. The van der Waals surface area contributed by atoms with E-state index in [9.17, 15) is 15.2 Å². The molecule has 0 radical (unpaired) electrons. The van der Waals surface area contributed by atoms with Crippen molar-refractivity contribution in [3.05, 3.63) is 57.1 Å². The molecule has 0 bridgehead atoms. The molecule has 0 saturated heterocycles. The van der Waals surface area contributed by atoms with Gasteiger partial charge < -0.3 is 9.84 Å². The molecule has 2 aromatic rings. The first-order chi connectivity index (χ1) is 8.95. The van der Waals surface area contributed by atoms with Crippen molar-refractivity contribution in [2.24, 2.45) is 0 Å². The molecular formula is C13H10ClNO4. The summed E-state index contributed by atoms with van der Waals surface area (Å²) in [6, 6.07) is 8.63. The van der Waals surface area contributed by atoms with E-state index < -0.39 is 4.92 Å². The van der Waals surface area contributed by atoms with E-state index in [1.54, 1.807) is 19.1 Å². The quantitative estimate of drug-likeness (QED) is 0.679. The van der Waals surface area contributed by atoms with Crippen LogP contribution in [0.25, 0.3) is 0 Å². The maximum absolute atomic E-state index is 10.9. The third-order valence-corrected chi connectivity index (χ3v) is 2.62. The van der Waals surface area contributed by atoms with Crippen molar-refractivity contribution in [2.75, 3.05) is 0 Å². The Morgan fingerprint density at radius 2 is 2.00 bits per heavy atom. The zero-order valence-electron chi connectivity index (χ0n) is 9.96. The molecule has 2 aromatic carbocycles. The summed E-state index contributed by atoms with van der Waals surface area (Å²) in [4.78, 5) is 10.3. The molecule has 19 heavy (non-hydrogen) atoms. The van der Waals surface area contributed by atoms with E-state index in [0.717, 1.165) is 5.56 Å². The topological polar surface area (TPSA) is 72.6 Å². The fraction of sp³-hybridized carbons (Fsp3) is 0.0769. The van der Waals surface area contributed by atoms with Crippen molar-refractivity contribution >= 4 is 17.3 Å². The average molecular weight is 280 g/mol. The van der Waals surface area contributed by atoms with Gasteiger partial charge in [-0.1, -0.05) is 11.6 Å². The summed E-state index contributed by atoms with van der Waals surface area (Å²) in [7, 11) is 0. The molecular weight excluding hydrogens is 270 g/mol. The van der Waals surface area contributed by atoms with E-state index in [1.807, 2.05) is 0 Å². The second-order valence-corrected chi connectivity index (χ2v) is 4.41. The van der Waals surface area contributed by atoms with Gasteiger partial charge >= 0.3 is 5.69 Å². The summed E-state index contributed by atoms with van der Waals surface area (Å²) in [5.74, 6) is 0.366.